The second-order valence-electron chi connectivity index (χ2n) is 5.13. The first kappa shape index (κ1) is 10.9. The smallest absolute Gasteiger partial charge is 0.225 e. The van der Waals surface area contributed by atoms with Crippen molar-refractivity contribution in [2.75, 3.05) is 19.6 Å². The normalized spacial score (nSPS) is 24.9. The standard InChI is InChI=1S/C12H22N2O/c1-2-12(5-3-4-6-12)9-14-11(15)10-7-13-8-10/h10,13H,2-9H2,1H3,(H,14,15). The van der Waals surface area contributed by atoms with Crippen molar-refractivity contribution in [1.29, 1.82) is 0 Å². The van der Waals surface area contributed by atoms with Crippen LogP contribution in [-0.2, 0) is 4.79 Å². The Hall–Kier alpha value is -0.570. The Labute approximate surface area is 92.0 Å². The van der Waals surface area contributed by atoms with E-state index in [2.05, 4.69) is 17.6 Å². The zero-order valence-electron chi connectivity index (χ0n) is 9.64. The van der Waals surface area contributed by atoms with Crippen LogP contribution in [0.3, 0.4) is 0 Å². The van der Waals surface area contributed by atoms with Crippen molar-refractivity contribution in [3.8, 4) is 0 Å². The Bertz CT molecular complexity index is 230. The van der Waals surface area contributed by atoms with E-state index in [-0.39, 0.29) is 11.8 Å². The molecule has 0 radical (unpaired) electrons. The zero-order chi connectivity index (χ0) is 10.7. The third kappa shape index (κ3) is 2.33. The highest BCUT2D eigenvalue weighted by Gasteiger charge is 2.33. The summed E-state index contributed by atoms with van der Waals surface area (Å²) in [4.78, 5) is 11.7. The fraction of sp³-hybridized carbons (Fsp3) is 0.917. The van der Waals surface area contributed by atoms with Crippen LogP contribution in [0.5, 0.6) is 0 Å². The van der Waals surface area contributed by atoms with Crippen molar-refractivity contribution < 1.29 is 4.79 Å². The maximum Gasteiger partial charge on any atom is 0.225 e. The van der Waals surface area contributed by atoms with Gasteiger partial charge in [-0.15, -0.1) is 0 Å². The fourth-order valence-corrected chi connectivity index (χ4v) is 2.67. The highest BCUT2D eigenvalue weighted by atomic mass is 16.2. The molecule has 2 N–H and O–H groups in total. The monoisotopic (exact) mass is 210 g/mol. The number of carbonyl (C=O) groups excluding carboxylic acids is 1. The Morgan fingerprint density at radius 1 is 1.40 bits per heavy atom. The SMILES string of the molecule is CCC1(CNC(=O)C2CNC2)CCCC1. The largest absolute Gasteiger partial charge is 0.355 e. The molecular formula is C12H22N2O. The Kier molecular flexibility index (Phi) is 3.29. The van der Waals surface area contributed by atoms with Gasteiger partial charge in [-0.25, -0.2) is 0 Å². The first-order valence-electron chi connectivity index (χ1n) is 6.24. The van der Waals surface area contributed by atoms with Crippen molar-refractivity contribution in [3.05, 3.63) is 0 Å². The average molecular weight is 210 g/mol. The molecule has 1 saturated carbocycles. The van der Waals surface area contributed by atoms with Crippen LogP contribution in [0.1, 0.15) is 39.0 Å². The van der Waals surface area contributed by atoms with Gasteiger partial charge >= 0.3 is 0 Å². The summed E-state index contributed by atoms with van der Waals surface area (Å²) in [5, 5.41) is 6.27. The van der Waals surface area contributed by atoms with Gasteiger partial charge in [-0.2, -0.15) is 0 Å². The predicted octanol–water partition coefficient (Wildman–Crippen LogP) is 1.29. The number of nitrogens with one attached hydrogen (secondary N) is 2. The van der Waals surface area contributed by atoms with Crippen molar-refractivity contribution in [1.82, 2.24) is 10.6 Å². The molecular weight excluding hydrogens is 188 g/mol. The topological polar surface area (TPSA) is 41.1 Å². The van der Waals surface area contributed by atoms with Crippen LogP contribution >= 0.6 is 0 Å². The summed E-state index contributed by atoms with van der Waals surface area (Å²) in [5.41, 5.74) is 0.423. The van der Waals surface area contributed by atoms with E-state index in [1.165, 1.54) is 32.1 Å². The van der Waals surface area contributed by atoms with Gasteiger partial charge in [-0.3, -0.25) is 4.79 Å². The minimum atomic E-state index is 0.236. The predicted molar refractivity (Wildman–Crippen MR) is 60.6 cm³/mol. The molecule has 2 aliphatic rings. The van der Waals surface area contributed by atoms with Gasteiger partial charge in [-0.1, -0.05) is 19.8 Å². The van der Waals surface area contributed by atoms with E-state index in [0.717, 1.165) is 19.6 Å². The molecule has 0 bridgehead atoms. The number of carbonyl (C=O) groups is 1. The lowest BCUT2D eigenvalue weighted by Gasteiger charge is -2.31. The molecule has 3 nitrogen and oxygen atoms in total. The Morgan fingerprint density at radius 2 is 2.07 bits per heavy atom. The van der Waals surface area contributed by atoms with E-state index in [0.29, 0.717) is 5.41 Å². The minimum Gasteiger partial charge on any atom is -0.355 e. The molecule has 2 fully saturated rings. The molecule has 1 aliphatic carbocycles. The van der Waals surface area contributed by atoms with Crippen LogP contribution in [0.25, 0.3) is 0 Å². The van der Waals surface area contributed by atoms with E-state index >= 15 is 0 Å². The molecule has 0 aromatic rings. The van der Waals surface area contributed by atoms with E-state index in [9.17, 15) is 4.79 Å². The second-order valence-corrected chi connectivity index (χ2v) is 5.13. The highest BCUT2D eigenvalue weighted by Crippen LogP contribution is 2.40. The summed E-state index contributed by atoms with van der Waals surface area (Å²) in [6.45, 7) is 4.89. The van der Waals surface area contributed by atoms with Crippen LogP contribution in [0, 0.1) is 11.3 Å². The Balaban J connectivity index is 1.77. The van der Waals surface area contributed by atoms with Crippen molar-refractivity contribution in [2.45, 2.75) is 39.0 Å². The van der Waals surface area contributed by atoms with Crippen LogP contribution in [0.4, 0.5) is 0 Å². The molecule has 0 unspecified atom stereocenters. The molecule has 0 spiro atoms. The molecule has 1 heterocycles. The van der Waals surface area contributed by atoms with Crippen molar-refractivity contribution in [3.63, 3.8) is 0 Å². The van der Waals surface area contributed by atoms with Gasteiger partial charge in [0.05, 0.1) is 5.92 Å². The van der Waals surface area contributed by atoms with E-state index in [1.54, 1.807) is 0 Å². The van der Waals surface area contributed by atoms with Gasteiger partial charge in [-0.05, 0) is 24.7 Å². The summed E-state index contributed by atoms with van der Waals surface area (Å²) < 4.78 is 0. The maximum atomic E-state index is 11.7. The lowest BCUT2D eigenvalue weighted by atomic mass is 9.83. The third-order valence-electron chi connectivity index (χ3n) is 4.20. The van der Waals surface area contributed by atoms with Crippen LogP contribution in [0.2, 0.25) is 0 Å². The molecule has 1 amide bonds. The summed E-state index contributed by atoms with van der Waals surface area (Å²) in [6, 6.07) is 0. The summed E-state index contributed by atoms with van der Waals surface area (Å²) in [6.07, 6.45) is 6.49. The first-order chi connectivity index (χ1) is 7.26. The molecule has 1 aliphatic heterocycles. The average Bonchev–Trinajstić information content (AvgIpc) is 2.61. The second kappa shape index (κ2) is 4.52. The van der Waals surface area contributed by atoms with E-state index in [1.807, 2.05) is 0 Å². The van der Waals surface area contributed by atoms with E-state index in [4.69, 9.17) is 0 Å². The lowest BCUT2D eigenvalue weighted by Crippen LogP contribution is -2.52. The van der Waals surface area contributed by atoms with Crippen LogP contribution in [-0.4, -0.2) is 25.5 Å². The quantitative estimate of drug-likeness (QED) is 0.734. The molecule has 3 heteroatoms. The molecule has 1 saturated heterocycles. The molecule has 86 valence electrons. The molecule has 15 heavy (non-hydrogen) atoms. The molecule has 0 atom stereocenters. The van der Waals surface area contributed by atoms with Crippen molar-refractivity contribution in [2.24, 2.45) is 11.3 Å². The van der Waals surface area contributed by atoms with Crippen LogP contribution in [0.15, 0.2) is 0 Å². The highest BCUT2D eigenvalue weighted by molar-refractivity contribution is 5.80. The van der Waals surface area contributed by atoms with Gasteiger partial charge in [0.15, 0.2) is 0 Å². The maximum absolute atomic E-state index is 11.7. The minimum absolute atomic E-state index is 0.236. The van der Waals surface area contributed by atoms with Gasteiger partial charge in [0, 0.05) is 19.6 Å². The summed E-state index contributed by atoms with van der Waals surface area (Å²) >= 11 is 0. The molecule has 2 rings (SSSR count). The molecule has 0 aromatic carbocycles. The number of amides is 1. The number of rotatable bonds is 4. The van der Waals surface area contributed by atoms with Gasteiger partial charge < -0.3 is 10.6 Å². The third-order valence-corrected chi connectivity index (χ3v) is 4.20. The van der Waals surface area contributed by atoms with Gasteiger partial charge in [0.25, 0.3) is 0 Å². The van der Waals surface area contributed by atoms with Gasteiger partial charge in [0.1, 0.15) is 0 Å². The summed E-state index contributed by atoms with van der Waals surface area (Å²) in [5.74, 6) is 0.494. The number of hydrogen-bond acceptors (Lipinski definition) is 2. The number of hydrogen-bond donors (Lipinski definition) is 2. The first-order valence-corrected chi connectivity index (χ1v) is 6.24. The van der Waals surface area contributed by atoms with Crippen molar-refractivity contribution >= 4 is 5.91 Å². The molecule has 0 aromatic heterocycles. The lowest BCUT2D eigenvalue weighted by molar-refractivity contribution is -0.126. The Morgan fingerprint density at radius 3 is 2.53 bits per heavy atom. The zero-order valence-corrected chi connectivity index (χ0v) is 9.64. The van der Waals surface area contributed by atoms with Crippen LogP contribution < -0.4 is 10.6 Å². The van der Waals surface area contributed by atoms with E-state index < -0.39 is 0 Å². The summed E-state index contributed by atoms with van der Waals surface area (Å²) in [7, 11) is 0. The van der Waals surface area contributed by atoms with Gasteiger partial charge in [0.2, 0.25) is 5.91 Å². The fourth-order valence-electron chi connectivity index (χ4n) is 2.67.